The van der Waals surface area contributed by atoms with Gasteiger partial charge in [0.1, 0.15) is 10.0 Å². The van der Waals surface area contributed by atoms with E-state index in [1.807, 2.05) is 6.07 Å². The summed E-state index contributed by atoms with van der Waals surface area (Å²) in [6.45, 7) is 1.24. The highest BCUT2D eigenvalue weighted by Gasteiger charge is 2.32. The van der Waals surface area contributed by atoms with E-state index in [2.05, 4.69) is 9.71 Å². The third kappa shape index (κ3) is 3.59. The molecular formula is C14H15ClN2O3S. The van der Waals surface area contributed by atoms with Crippen LogP contribution in [-0.2, 0) is 15.6 Å². The van der Waals surface area contributed by atoms with Crippen molar-refractivity contribution in [3.8, 4) is 0 Å². The standard InChI is InChI=1S/C14H15ClN2O3S/c1-14(10-18,11-5-3-2-4-6-11)17-21(19,20)12-7-8-13(15)16-9-12/h2-9,17-18H,10H2,1H3. The molecule has 2 N–H and O–H groups in total. The second-order valence-corrected chi connectivity index (χ2v) is 6.85. The first-order valence-corrected chi connectivity index (χ1v) is 8.05. The minimum Gasteiger partial charge on any atom is -0.394 e. The molecule has 112 valence electrons. The molecule has 5 nitrogen and oxygen atoms in total. The molecule has 1 aromatic heterocycles. The van der Waals surface area contributed by atoms with Gasteiger partial charge in [0, 0.05) is 6.20 Å². The number of rotatable bonds is 5. The fourth-order valence-corrected chi connectivity index (χ4v) is 3.31. The van der Waals surface area contributed by atoms with E-state index < -0.39 is 15.6 Å². The summed E-state index contributed by atoms with van der Waals surface area (Å²) in [7, 11) is -3.83. The maximum absolute atomic E-state index is 12.4. The van der Waals surface area contributed by atoms with Gasteiger partial charge in [-0.3, -0.25) is 0 Å². The Bertz CT molecular complexity index is 705. The van der Waals surface area contributed by atoms with Gasteiger partial charge in [0.05, 0.1) is 12.1 Å². The molecule has 0 saturated carbocycles. The minimum absolute atomic E-state index is 0.0116. The predicted molar refractivity (Wildman–Crippen MR) is 80.4 cm³/mol. The van der Waals surface area contributed by atoms with E-state index in [4.69, 9.17) is 11.6 Å². The van der Waals surface area contributed by atoms with Gasteiger partial charge < -0.3 is 5.11 Å². The van der Waals surface area contributed by atoms with Crippen LogP contribution in [0.2, 0.25) is 5.15 Å². The fraction of sp³-hybridized carbons (Fsp3) is 0.214. The number of hydrogen-bond donors (Lipinski definition) is 2. The zero-order chi connectivity index (χ0) is 15.5. The summed E-state index contributed by atoms with van der Waals surface area (Å²) in [4.78, 5) is 3.75. The normalized spacial score (nSPS) is 14.6. The second kappa shape index (κ2) is 6.11. The molecule has 1 heterocycles. The zero-order valence-electron chi connectivity index (χ0n) is 11.3. The van der Waals surface area contributed by atoms with Crippen LogP contribution < -0.4 is 4.72 Å². The van der Waals surface area contributed by atoms with Crippen molar-refractivity contribution in [3.05, 3.63) is 59.4 Å². The van der Waals surface area contributed by atoms with Gasteiger partial charge in [-0.1, -0.05) is 41.9 Å². The number of benzene rings is 1. The highest BCUT2D eigenvalue weighted by molar-refractivity contribution is 7.89. The molecule has 0 radical (unpaired) electrons. The quantitative estimate of drug-likeness (QED) is 0.823. The molecule has 1 unspecified atom stereocenters. The first-order chi connectivity index (χ1) is 9.87. The van der Waals surface area contributed by atoms with E-state index in [9.17, 15) is 13.5 Å². The number of halogens is 1. The number of aliphatic hydroxyl groups excluding tert-OH is 1. The molecule has 0 bridgehead atoms. The van der Waals surface area contributed by atoms with Gasteiger partial charge in [0.25, 0.3) is 0 Å². The van der Waals surface area contributed by atoms with Crippen molar-refractivity contribution < 1.29 is 13.5 Å². The molecule has 2 rings (SSSR count). The number of nitrogens with one attached hydrogen (secondary N) is 1. The Morgan fingerprint density at radius 3 is 2.43 bits per heavy atom. The number of pyridine rings is 1. The summed E-state index contributed by atoms with van der Waals surface area (Å²) in [5, 5.41) is 9.84. The lowest BCUT2D eigenvalue weighted by molar-refractivity contribution is 0.196. The lowest BCUT2D eigenvalue weighted by atomic mass is 9.94. The second-order valence-electron chi connectivity index (χ2n) is 4.78. The van der Waals surface area contributed by atoms with Crippen LogP contribution in [0.3, 0.4) is 0 Å². The highest BCUT2D eigenvalue weighted by atomic mass is 35.5. The van der Waals surface area contributed by atoms with E-state index >= 15 is 0 Å². The maximum Gasteiger partial charge on any atom is 0.242 e. The van der Waals surface area contributed by atoms with E-state index in [-0.39, 0.29) is 16.7 Å². The van der Waals surface area contributed by atoms with Crippen LogP contribution in [0, 0.1) is 0 Å². The monoisotopic (exact) mass is 326 g/mol. The van der Waals surface area contributed by atoms with Crippen LogP contribution >= 0.6 is 11.6 Å². The predicted octanol–water partition coefficient (Wildman–Crippen LogP) is 1.92. The van der Waals surface area contributed by atoms with Gasteiger partial charge in [-0.15, -0.1) is 0 Å². The van der Waals surface area contributed by atoms with Crippen molar-refractivity contribution >= 4 is 21.6 Å². The van der Waals surface area contributed by atoms with Crippen molar-refractivity contribution in [1.29, 1.82) is 0 Å². The van der Waals surface area contributed by atoms with Gasteiger partial charge in [0.15, 0.2) is 0 Å². The maximum atomic E-state index is 12.4. The number of nitrogens with zero attached hydrogens (tertiary/aromatic N) is 1. The molecule has 2 aromatic rings. The lowest BCUT2D eigenvalue weighted by Crippen LogP contribution is -2.46. The van der Waals surface area contributed by atoms with Crippen LogP contribution in [0.4, 0.5) is 0 Å². The van der Waals surface area contributed by atoms with E-state index in [1.54, 1.807) is 31.2 Å². The smallest absolute Gasteiger partial charge is 0.242 e. The molecule has 0 saturated heterocycles. The molecule has 0 aliphatic heterocycles. The SMILES string of the molecule is CC(CO)(NS(=O)(=O)c1ccc(Cl)nc1)c1ccccc1. The Balaban J connectivity index is 2.35. The first kappa shape index (κ1) is 15.9. The fourth-order valence-electron chi connectivity index (χ4n) is 1.87. The molecule has 21 heavy (non-hydrogen) atoms. The van der Waals surface area contributed by atoms with Crippen molar-refractivity contribution in [2.75, 3.05) is 6.61 Å². The third-order valence-electron chi connectivity index (χ3n) is 3.10. The minimum atomic E-state index is -3.83. The third-order valence-corrected chi connectivity index (χ3v) is 4.90. The largest absolute Gasteiger partial charge is 0.394 e. The molecule has 0 aliphatic carbocycles. The average molecular weight is 327 g/mol. The molecule has 0 aliphatic rings. The molecule has 0 fully saturated rings. The van der Waals surface area contributed by atoms with Crippen molar-refractivity contribution in [2.24, 2.45) is 0 Å². The van der Waals surface area contributed by atoms with Crippen LogP contribution in [-0.4, -0.2) is 25.1 Å². The van der Waals surface area contributed by atoms with Gasteiger partial charge in [-0.25, -0.2) is 13.4 Å². The first-order valence-electron chi connectivity index (χ1n) is 6.19. The molecule has 7 heteroatoms. The van der Waals surface area contributed by atoms with Crippen molar-refractivity contribution in [3.63, 3.8) is 0 Å². The number of aliphatic hydroxyl groups is 1. The Kier molecular flexibility index (Phi) is 4.63. The zero-order valence-corrected chi connectivity index (χ0v) is 12.9. The van der Waals surface area contributed by atoms with E-state index in [1.165, 1.54) is 18.3 Å². The Labute approximate surface area is 128 Å². The summed E-state index contributed by atoms with van der Waals surface area (Å²) in [5.74, 6) is 0. The lowest BCUT2D eigenvalue weighted by Gasteiger charge is -2.28. The summed E-state index contributed by atoms with van der Waals surface area (Å²) in [5.41, 5.74) is -0.460. The number of aromatic nitrogens is 1. The summed E-state index contributed by atoms with van der Waals surface area (Å²) in [6.07, 6.45) is 1.17. The summed E-state index contributed by atoms with van der Waals surface area (Å²) < 4.78 is 27.3. The molecule has 1 atom stereocenters. The Morgan fingerprint density at radius 2 is 1.90 bits per heavy atom. The van der Waals surface area contributed by atoms with Crippen LogP contribution in [0.15, 0.2) is 53.6 Å². The van der Waals surface area contributed by atoms with Crippen LogP contribution in [0.1, 0.15) is 12.5 Å². The molecule has 0 spiro atoms. The van der Waals surface area contributed by atoms with Gasteiger partial charge in [-0.2, -0.15) is 4.72 Å². The van der Waals surface area contributed by atoms with Crippen molar-refractivity contribution in [2.45, 2.75) is 17.4 Å². The summed E-state index contributed by atoms with van der Waals surface area (Å²) in [6, 6.07) is 11.6. The molecular weight excluding hydrogens is 312 g/mol. The van der Waals surface area contributed by atoms with E-state index in [0.29, 0.717) is 5.56 Å². The molecule has 1 aromatic carbocycles. The van der Waals surface area contributed by atoms with Crippen LogP contribution in [0.25, 0.3) is 0 Å². The average Bonchev–Trinajstić information content (AvgIpc) is 2.48. The van der Waals surface area contributed by atoms with Gasteiger partial charge in [0.2, 0.25) is 10.0 Å². The van der Waals surface area contributed by atoms with Crippen molar-refractivity contribution in [1.82, 2.24) is 9.71 Å². The van der Waals surface area contributed by atoms with E-state index in [0.717, 1.165) is 0 Å². The van der Waals surface area contributed by atoms with Gasteiger partial charge >= 0.3 is 0 Å². The topological polar surface area (TPSA) is 79.3 Å². The Morgan fingerprint density at radius 1 is 1.24 bits per heavy atom. The number of sulfonamides is 1. The number of hydrogen-bond acceptors (Lipinski definition) is 4. The molecule has 0 amide bonds. The van der Waals surface area contributed by atoms with Gasteiger partial charge in [-0.05, 0) is 24.6 Å². The summed E-state index contributed by atoms with van der Waals surface area (Å²) >= 11 is 5.65. The van der Waals surface area contributed by atoms with Crippen LogP contribution in [0.5, 0.6) is 0 Å². The Hall–Kier alpha value is -1.47. The highest BCUT2D eigenvalue weighted by Crippen LogP contribution is 2.23.